The SMILES string of the molecule is C=C(C)C(=O)OC(CC)[Si](OC)(OC)OC.C=C[Si](OCCOC)(OCCOC)OCCOC. The Morgan fingerprint density at radius 3 is 1.41 bits per heavy atom. The molecule has 0 aliphatic heterocycles. The first-order chi connectivity index (χ1) is 16.2. The second kappa shape index (κ2) is 21.3. The number of methoxy groups -OCH3 is 3. The van der Waals surface area contributed by atoms with Gasteiger partial charge in [0.05, 0.1) is 39.6 Å². The van der Waals surface area contributed by atoms with E-state index in [9.17, 15) is 4.79 Å². The molecule has 0 aliphatic rings. The number of carbonyl (C=O) groups is 1. The summed E-state index contributed by atoms with van der Waals surface area (Å²) < 4.78 is 52.8. The fraction of sp³-hybridized carbons (Fsp3) is 0.762. The Hall–Kier alpha value is -0.976. The van der Waals surface area contributed by atoms with E-state index in [0.29, 0.717) is 51.6 Å². The molecule has 0 bridgehead atoms. The number of carbonyl (C=O) groups excluding carboxylic acids is 1. The first-order valence-electron chi connectivity index (χ1n) is 10.8. The van der Waals surface area contributed by atoms with Crippen LogP contribution in [-0.2, 0) is 50.3 Å². The molecule has 0 aliphatic carbocycles. The highest BCUT2D eigenvalue weighted by atomic mass is 28.4. The van der Waals surface area contributed by atoms with Gasteiger partial charge in [-0.15, -0.1) is 0 Å². The second-order valence-electron chi connectivity index (χ2n) is 6.63. The van der Waals surface area contributed by atoms with Crippen LogP contribution in [0.1, 0.15) is 20.3 Å². The van der Waals surface area contributed by atoms with E-state index in [0.717, 1.165) is 0 Å². The molecule has 0 N–H and O–H groups in total. The van der Waals surface area contributed by atoms with Crippen LogP contribution >= 0.6 is 0 Å². The van der Waals surface area contributed by atoms with Crippen molar-refractivity contribution in [1.29, 1.82) is 0 Å². The molecule has 34 heavy (non-hydrogen) atoms. The van der Waals surface area contributed by atoms with Crippen LogP contribution in [0.5, 0.6) is 0 Å². The van der Waals surface area contributed by atoms with Gasteiger partial charge in [0.1, 0.15) is 0 Å². The summed E-state index contributed by atoms with van der Waals surface area (Å²) in [6, 6.07) is 0. The summed E-state index contributed by atoms with van der Waals surface area (Å²) in [6.07, 6.45) is 0.556. The smallest absolute Gasteiger partial charge is 0.454 e. The number of ether oxygens (including phenoxy) is 4. The molecular formula is C21H44O11Si2. The largest absolute Gasteiger partial charge is 0.543 e. The molecular weight excluding hydrogens is 484 g/mol. The molecule has 0 fully saturated rings. The van der Waals surface area contributed by atoms with Crippen LogP contribution in [0, 0.1) is 0 Å². The molecule has 0 rings (SSSR count). The highest BCUT2D eigenvalue weighted by molar-refractivity contribution is 6.66. The highest BCUT2D eigenvalue weighted by Crippen LogP contribution is 2.19. The number of hydrogen-bond donors (Lipinski definition) is 0. The summed E-state index contributed by atoms with van der Waals surface area (Å²) in [5, 5.41) is 0. The normalized spacial score (nSPS) is 12.5. The third-order valence-corrected chi connectivity index (χ3v) is 9.58. The first-order valence-corrected chi connectivity index (χ1v) is 14.4. The average Bonchev–Trinajstić information content (AvgIpc) is 2.84. The molecule has 202 valence electrons. The lowest BCUT2D eigenvalue weighted by atomic mass is 10.4. The van der Waals surface area contributed by atoms with E-state index in [-0.39, 0.29) is 0 Å². The van der Waals surface area contributed by atoms with E-state index in [1.807, 2.05) is 6.92 Å². The summed E-state index contributed by atoms with van der Waals surface area (Å²) in [5.74, 6) is -0.463. The fourth-order valence-corrected chi connectivity index (χ4v) is 6.13. The van der Waals surface area contributed by atoms with Gasteiger partial charge in [0.25, 0.3) is 0 Å². The minimum atomic E-state index is -2.94. The van der Waals surface area contributed by atoms with E-state index < -0.39 is 29.3 Å². The van der Waals surface area contributed by atoms with Gasteiger partial charge in [-0.3, -0.25) is 0 Å². The van der Waals surface area contributed by atoms with Crippen molar-refractivity contribution in [2.24, 2.45) is 0 Å². The van der Waals surface area contributed by atoms with Crippen molar-refractivity contribution < 1.29 is 50.3 Å². The van der Waals surface area contributed by atoms with E-state index in [1.165, 1.54) is 21.3 Å². The lowest BCUT2D eigenvalue weighted by Crippen LogP contribution is -2.56. The van der Waals surface area contributed by atoms with Crippen LogP contribution in [0.3, 0.4) is 0 Å². The number of esters is 1. The third kappa shape index (κ3) is 13.8. The summed E-state index contributed by atoms with van der Waals surface area (Å²) in [5.41, 5.74) is 1.43. The molecule has 0 radical (unpaired) electrons. The van der Waals surface area contributed by atoms with Gasteiger partial charge in [0, 0.05) is 48.2 Å². The Balaban J connectivity index is 0. The Morgan fingerprint density at radius 1 is 0.794 bits per heavy atom. The quantitative estimate of drug-likeness (QED) is 0.100. The Kier molecular flexibility index (Phi) is 22.1. The van der Waals surface area contributed by atoms with Gasteiger partial charge in [-0.2, -0.15) is 0 Å². The molecule has 11 nitrogen and oxygen atoms in total. The van der Waals surface area contributed by atoms with Crippen LogP contribution in [0.15, 0.2) is 24.4 Å². The number of hydrogen-bond acceptors (Lipinski definition) is 11. The van der Waals surface area contributed by atoms with Crippen LogP contribution in [0.2, 0.25) is 0 Å². The van der Waals surface area contributed by atoms with E-state index in [4.69, 9.17) is 45.5 Å². The molecule has 0 saturated carbocycles. The molecule has 0 aromatic carbocycles. The van der Waals surface area contributed by atoms with Crippen LogP contribution in [0.25, 0.3) is 0 Å². The maximum Gasteiger partial charge on any atom is 0.543 e. The van der Waals surface area contributed by atoms with Crippen molar-refractivity contribution in [3.8, 4) is 0 Å². The Bertz CT molecular complexity index is 510. The van der Waals surface area contributed by atoms with Gasteiger partial charge in [-0.05, 0) is 19.0 Å². The molecule has 13 heteroatoms. The van der Waals surface area contributed by atoms with E-state index >= 15 is 0 Å². The van der Waals surface area contributed by atoms with E-state index in [1.54, 1.807) is 34.0 Å². The maximum atomic E-state index is 11.4. The van der Waals surface area contributed by atoms with Crippen molar-refractivity contribution >= 4 is 23.6 Å². The molecule has 1 unspecified atom stereocenters. The molecule has 0 aromatic rings. The van der Waals surface area contributed by atoms with Crippen molar-refractivity contribution in [2.75, 3.05) is 82.3 Å². The summed E-state index contributed by atoms with van der Waals surface area (Å²) in [7, 11) is 3.48. The van der Waals surface area contributed by atoms with Gasteiger partial charge < -0.3 is 45.5 Å². The van der Waals surface area contributed by atoms with Crippen molar-refractivity contribution in [1.82, 2.24) is 0 Å². The van der Waals surface area contributed by atoms with Crippen LogP contribution < -0.4 is 0 Å². The van der Waals surface area contributed by atoms with Gasteiger partial charge in [-0.1, -0.05) is 20.1 Å². The van der Waals surface area contributed by atoms with Gasteiger partial charge in [0.15, 0.2) is 5.73 Å². The van der Waals surface area contributed by atoms with Crippen molar-refractivity contribution in [3.63, 3.8) is 0 Å². The lowest BCUT2D eigenvalue weighted by Gasteiger charge is -2.31. The first kappa shape index (κ1) is 35.2. The molecule has 0 saturated heterocycles. The molecule has 0 aromatic heterocycles. The van der Waals surface area contributed by atoms with Gasteiger partial charge >= 0.3 is 23.6 Å². The summed E-state index contributed by atoms with van der Waals surface area (Å²) in [6.45, 7) is 13.3. The van der Waals surface area contributed by atoms with Crippen LogP contribution in [0.4, 0.5) is 0 Å². The molecule has 0 amide bonds. The standard InChI is InChI=1S/C11H24O6Si.C10H20O5Si/c1-5-18(15-9-6-12-2,16-10-7-13-3)17-11-8-14-4;1-7-9(15-10(11)8(2)3)16(12-4,13-5)14-6/h5H,1,6-11H2,2-4H3;9H,2,7H2,1,3-6H3. The topological polar surface area (TPSA) is 109 Å². The Labute approximate surface area is 206 Å². The van der Waals surface area contributed by atoms with Gasteiger partial charge in [0.2, 0.25) is 0 Å². The molecule has 0 spiro atoms. The second-order valence-corrected chi connectivity index (χ2v) is 12.2. The maximum absolute atomic E-state index is 11.4. The average molecular weight is 529 g/mol. The van der Waals surface area contributed by atoms with Crippen molar-refractivity contribution in [3.05, 3.63) is 24.4 Å². The zero-order valence-corrected chi connectivity index (χ0v) is 24.0. The van der Waals surface area contributed by atoms with Crippen molar-refractivity contribution in [2.45, 2.75) is 26.0 Å². The zero-order valence-electron chi connectivity index (χ0n) is 22.0. The van der Waals surface area contributed by atoms with Gasteiger partial charge in [-0.25, -0.2) is 4.79 Å². The van der Waals surface area contributed by atoms with E-state index in [2.05, 4.69) is 13.2 Å². The zero-order chi connectivity index (χ0) is 26.5. The number of rotatable bonds is 20. The summed E-state index contributed by atoms with van der Waals surface area (Å²) >= 11 is 0. The minimum absolute atomic E-state index is 0.338. The van der Waals surface area contributed by atoms with Crippen LogP contribution in [-0.4, -0.2) is 112 Å². The highest BCUT2D eigenvalue weighted by Gasteiger charge is 2.49. The molecule has 0 heterocycles. The predicted molar refractivity (Wildman–Crippen MR) is 131 cm³/mol. The fourth-order valence-electron chi connectivity index (χ4n) is 2.38. The minimum Gasteiger partial charge on any atom is -0.454 e. The third-order valence-electron chi connectivity index (χ3n) is 4.24. The molecule has 1 atom stereocenters. The predicted octanol–water partition coefficient (Wildman–Crippen LogP) is 1.94. The Morgan fingerprint density at radius 2 is 1.18 bits per heavy atom. The summed E-state index contributed by atoms with van der Waals surface area (Å²) in [4.78, 5) is 11.4. The lowest BCUT2D eigenvalue weighted by molar-refractivity contribution is -0.143. The monoisotopic (exact) mass is 528 g/mol.